The van der Waals surface area contributed by atoms with E-state index in [1.165, 1.54) is 24.3 Å². The minimum atomic E-state index is -4.63. The van der Waals surface area contributed by atoms with Crippen LogP contribution in [0.15, 0.2) is 75.9 Å². The standard InChI is InChI=1S/C34H27F3N2O16/c35-34(36,37)19-7-5-16(6-8-19)30(45)38-21-4-2-1-3-17(21)12-53-29(32(48)49)28(31(46)47)39-33(50)54-13-18-9-27(44)55-22-11-24(52-15-26(42)43)23(10-20(18)22)51-14-25(40)41/h1-11,28-29H,12-15H2,(H,38,45)(H,39,50)(H,40,41)(H,42,43)(H,46,47)(H,48,49)/t28-,29-/m0/s1. The molecule has 18 nitrogen and oxygen atoms in total. The average Bonchev–Trinajstić information content (AvgIpc) is 3.11. The molecule has 55 heavy (non-hydrogen) atoms. The highest BCUT2D eigenvalue weighted by Gasteiger charge is 2.37. The van der Waals surface area contributed by atoms with Crippen molar-refractivity contribution in [2.24, 2.45) is 0 Å². The number of carboxylic acid groups (broad SMARTS) is 4. The molecule has 290 valence electrons. The number of nitrogens with one attached hydrogen (secondary N) is 2. The van der Waals surface area contributed by atoms with Crippen LogP contribution in [0.4, 0.5) is 23.7 Å². The molecule has 4 rings (SSSR count). The number of fused-ring (bicyclic) bond motifs is 1. The van der Waals surface area contributed by atoms with Crippen molar-refractivity contribution in [3.05, 3.63) is 99.4 Å². The normalized spacial score (nSPS) is 12.2. The molecule has 0 radical (unpaired) electrons. The van der Waals surface area contributed by atoms with Crippen molar-refractivity contribution in [1.82, 2.24) is 5.32 Å². The Bertz CT molecular complexity index is 2170. The molecule has 2 amide bonds. The summed E-state index contributed by atoms with van der Waals surface area (Å²) in [4.78, 5) is 84.1. The Morgan fingerprint density at radius 2 is 1.38 bits per heavy atom. The van der Waals surface area contributed by atoms with Gasteiger partial charge in [-0.15, -0.1) is 0 Å². The van der Waals surface area contributed by atoms with Crippen LogP contribution in [0, 0.1) is 0 Å². The van der Waals surface area contributed by atoms with Gasteiger partial charge in [0.2, 0.25) is 0 Å². The van der Waals surface area contributed by atoms with Crippen LogP contribution in [0.2, 0.25) is 0 Å². The lowest BCUT2D eigenvalue weighted by Gasteiger charge is -2.22. The van der Waals surface area contributed by atoms with Crippen molar-refractivity contribution < 1.29 is 85.7 Å². The van der Waals surface area contributed by atoms with E-state index in [2.05, 4.69) is 5.32 Å². The van der Waals surface area contributed by atoms with Gasteiger partial charge in [-0.05, 0) is 36.4 Å². The van der Waals surface area contributed by atoms with Crippen LogP contribution in [0.1, 0.15) is 27.0 Å². The second-order valence-electron chi connectivity index (χ2n) is 11.0. The molecule has 0 saturated heterocycles. The monoisotopic (exact) mass is 776 g/mol. The summed E-state index contributed by atoms with van der Waals surface area (Å²) in [5, 5.41) is 41.8. The summed E-state index contributed by atoms with van der Waals surface area (Å²) in [5.41, 5.74) is -2.32. The molecule has 0 fully saturated rings. The molecule has 0 spiro atoms. The van der Waals surface area contributed by atoms with Gasteiger partial charge < -0.3 is 54.4 Å². The van der Waals surface area contributed by atoms with E-state index >= 15 is 0 Å². The van der Waals surface area contributed by atoms with Crippen molar-refractivity contribution in [2.75, 3.05) is 18.5 Å². The highest BCUT2D eigenvalue weighted by atomic mass is 19.4. The van der Waals surface area contributed by atoms with Crippen LogP contribution >= 0.6 is 0 Å². The lowest BCUT2D eigenvalue weighted by Crippen LogP contribution is -2.53. The summed E-state index contributed by atoms with van der Waals surface area (Å²) in [6.45, 7) is -3.22. The van der Waals surface area contributed by atoms with E-state index < -0.39 is 91.8 Å². The first-order valence-corrected chi connectivity index (χ1v) is 15.3. The maximum atomic E-state index is 12.9. The molecule has 3 aromatic carbocycles. The number of rotatable bonds is 17. The number of hydrogen-bond donors (Lipinski definition) is 6. The SMILES string of the molecule is O=C(O)COc1cc2oc(=O)cc(COC(=O)N[C@H](C(=O)O)[C@H](OCc3ccccc3NC(=O)c3ccc(C(F)(F)F)cc3)C(=O)O)c2cc1OCC(=O)O. The first-order chi connectivity index (χ1) is 25.9. The fourth-order valence-corrected chi connectivity index (χ4v) is 4.70. The molecule has 1 aromatic heterocycles. The molecule has 0 bridgehead atoms. The molecular weight excluding hydrogens is 749 g/mol. The molecule has 4 aromatic rings. The molecule has 0 unspecified atom stereocenters. The van der Waals surface area contributed by atoms with Crippen molar-refractivity contribution in [2.45, 2.75) is 31.5 Å². The molecule has 0 saturated carbocycles. The summed E-state index contributed by atoms with van der Waals surface area (Å²) in [6.07, 6.45) is -8.41. The quantitative estimate of drug-likeness (QED) is 0.0839. The van der Waals surface area contributed by atoms with Crippen molar-refractivity contribution in [1.29, 1.82) is 0 Å². The Morgan fingerprint density at radius 3 is 1.96 bits per heavy atom. The molecule has 21 heteroatoms. The van der Waals surface area contributed by atoms with Crippen LogP contribution < -0.4 is 25.7 Å². The molecular formula is C34H27F3N2O16. The van der Waals surface area contributed by atoms with Gasteiger partial charge in [0.15, 0.2) is 36.9 Å². The summed E-state index contributed by atoms with van der Waals surface area (Å²) < 4.78 is 64.4. The number of carbonyl (C=O) groups excluding carboxylic acids is 2. The number of halogens is 3. The third kappa shape index (κ3) is 11.2. The maximum absolute atomic E-state index is 12.9. The van der Waals surface area contributed by atoms with Crippen LogP contribution in [0.25, 0.3) is 11.0 Å². The summed E-state index contributed by atoms with van der Waals surface area (Å²) in [6, 6.07) is 9.66. The number of amides is 2. The molecule has 0 aliphatic heterocycles. The van der Waals surface area contributed by atoms with E-state index in [0.717, 1.165) is 30.3 Å². The maximum Gasteiger partial charge on any atom is 0.416 e. The Morgan fingerprint density at radius 1 is 0.764 bits per heavy atom. The number of carbonyl (C=O) groups is 6. The van der Waals surface area contributed by atoms with Gasteiger partial charge in [0.05, 0.1) is 12.2 Å². The van der Waals surface area contributed by atoms with Crippen LogP contribution in [-0.2, 0) is 48.0 Å². The number of para-hydroxylation sites is 1. The average molecular weight is 777 g/mol. The Labute approximate surface area is 304 Å². The predicted molar refractivity (Wildman–Crippen MR) is 176 cm³/mol. The first-order valence-electron chi connectivity index (χ1n) is 15.3. The summed E-state index contributed by atoms with van der Waals surface area (Å²) in [5.74, 6) is -7.99. The van der Waals surface area contributed by atoms with Crippen molar-refractivity contribution >= 4 is 52.5 Å². The topological polar surface area (TPSA) is 275 Å². The molecule has 6 N–H and O–H groups in total. The smallest absolute Gasteiger partial charge is 0.416 e. The molecule has 0 aliphatic rings. The second kappa shape index (κ2) is 17.6. The largest absolute Gasteiger partial charge is 0.480 e. The minimum absolute atomic E-state index is 0.0129. The number of anilines is 1. The fraction of sp³-hybridized carbons (Fsp3) is 0.206. The lowest BCUT2D eigenvalue weighted by atomic mass is 10.1. The number of ether oxygens (including phenoxy) is 4. The lowest BCUT2D eigenvalue weighted by molar-refractivity contribution is -0.161. The highest BCUT2D eigenvalue weighted by molar-refractivity contribution is 6.04. The fourth-order valence-electron chi connectivity index (χ4n) is 4.70. The third-order valence-electron chi connectivity index (χ3n) is 7.20. The third-order valence-corrected chi connectivity index (χ3v) is 7.20. The minimum Gasteiger partial charge on any atom is -0.480 e. The van der Waals surface area contributed by atoms with Gasteiger partial charge in [-0.1, -0.05) is 18.2 Å². The first kappa shape index (κ1) is 40.6. The highest BCUT2D eigenvalue weighted by Crippen LogP contribution is 2.34. The number of hydrogen-bond acceptors (Lipinski definition) is 12. The Balaban J connectivity index is 1.48. The molecule has 2 atom stereocenters. The van der Waals surface area contributed by atoms with Crippen LogP contribution in [-0.4, -0.2) is 81.7 Å². The van der Waals surface area contributed by atoms with Gasteiger partial charge in [-0.3, -0.25) is 4.79 Å². The van der Waals surface area contributed by atoms with Crippen LogP contribution in [0.3, 0.4) is 0 Å². The van der Waals surface area contributed by atoms with Gasteiger partial charge in [-0.2, -0.15) is 13.2 Å². The zero-order chi connectivity index (χ0) is 40.4. The Kier molecular flexibility index (Phi) is 13.0. The van der Waals surface area contributed by atoms with E-state index in [0.29, 0.717) is 12.1 Å². The summed E-state index contributed by atoms with van der Waals surface area (Å²) in [7, 11) is 0. The van der Waals surface area contributed by atoms with E-state index in [-0.39, 0.29) is 44.8 Å². The second-order valence-corrected chi connectivity index (χ2v) is 11.0. The van der Waals surface area contributed by atoms with Gasteiger partial charge in [0.1, 0.15) is 12.2 Å². The van der Waals surface area contributed by atoms with E-state index in [4.69, 9.17) is 33.6 Å². The van der Waals surface area contributed by atoms with Gasteiger partial charge in [0, 0.05) is 39.9 Å². The van der Waals surface area contributed by atoms with Gasteiger partial charge in [0.25, 0.3) is 5.91 Å². The zero-order valence-electron chi connectivity index (χ0n) is 27.7. The van der Waals surface area contributed by atoms with E-state index in [1.807, 2.05) is 5.32 Å². The summed E-state index contributed by atoms with van der Waals surface area (Å²) >= 11 is 0. The Hall–Kier alpha value is -7.16. The van der Waals surface area contributed by atoms with Gasteiger partial charge in [-0.25, -0.2) is 28.8 Å². The number of alkyl halides is 3. The number of carboxylic acids is 4. The van der Waals surface area contributed by atoms with Crippen molar-refractivity contribution in [3.63, 3.8) is 0 Å². The van der Waals surface area contributed by atoms with E-state index in [9.17, 15) is 56.9 Å². The van der Waals surface area contributed by atoms with E-state index in [1.54, 1.807) is 0 Å². The molecule has 0 aliphatic carbocycles. The van der Waals surface area contributed by atoms with Gasteiger partial charge >= 0.3 is 41.8 Å². The zero-order valence-corrected chi connectivity index (χ0v) is 27.7. The number of benzene rings is 3. The number of aliphatic carboxylic acids is 4. The number of alkyl carbamates (subject to hydrolysis) is 1. The molecule has 1 heterocycles. The predicted octanol–water partition coefficient (Wildman–Crippen LogP) is 3.34. The van der Waals surface area contributed by atoms with Crippen LogP contribution in [0.5, 0.6) is 11.5 Å². The van der Waals surface area contributed by atoms with Crippen molar-refractivity contribution in [3.8, 4) is 11.5 Å².